The van der Waals surface area contributed by atoms with Crippen LogP contribution in [0.25, 0.3) is 0 Å². The normalized spacial score (nSPS) is 18.7. The number of nitrogens with two attached hydrogens (primary N) is 1. The van der Waals surface area contributed by atoms with Crippen molar-refractivity contribution in [3.8, 4) is 0 Å². The molecule has 162 valence electrons. The first kappa shape index (κ1) is 21.0. The highest BCUT2D eigenvalue weighted by molar-refractivity contribution is 5.99. The van der Waals surface area contributed by atoms with Crippen molar-refractivity contribution in [1.82, 2.24) is 10.2 Å². The Hall–Kier alpha value is -3.22. The number of nitrogens with zero attached hydrogens (tertiary/aromatic N) is 2. The van der Waals surface area contributed by atoms with Crippen molar-refractivity contribution in [3.05, 3.63) is 71.0 Å². The van der Waals surface area contributed by atoms with Crippen LogP contribution < -0.4 is 11.1 Å². The summed E-state index contributed by atoms with van der Waals surface area (Å²) in [5, 5.41) is 2.89. The zero-order valence-corrected chi connectivity index (χ0v) is 17.6. The second-order valence-electron chi connectivity index (χ2n) is 8.51. The quantitative estimate of drug-likeness (QED) is 0.771. The van der Waals surface area contributed by atoms with Crippen molar-refractivity contribution in [3.63, 3.8) is 0 Å². The van der Waals surface area contributed by atoms with Crippen LogP contribution in [0.15, 0.2) is 53.5 Å². The molecule has 1 saturated carbocycles. The van der Waals surface area contributed by atoms with E-state index in [1.807, 2.05) is 37.3 Å². The number of hydrogen-bond donors (Lipinski definition) is 2. The molecular weight excluding hydrogens is 395 g/mol. The van der Waals surface area contributed by atoms with Gasteiger partial charge < -0.3 is 11.1 Å². The van der Waals surface area contributed by atoms with Gasteiger partial charge in [-0.15, -0.1) is 0 Å². The number of benzene rings is 2. The second kappa shape index (κ2) is 8.49. The van der Waals surface area contributed by atoms with Gasteiger partial charge in [-0.3, -0.25) is 14.5 Å². The van der Waals surface area contributed by atoms with E-state index in [0.29, 0.717) is 12.0 Å². The molecule has 1 atom stereocenters. The number of carbonyl (C=O) groups excluding carboxylic acids is 2. The maximum absolute atomic E-state index is 14.3. The van der Waals surface area contributed by atoms with Gasteiger partial charge in [-0.1, -0.05) is 43.2 Å². The summed E-state index contributed by atoms with van der Waals surface area (Å²) in [5.74, 6) is -0.857. The van der Waals surface area contributed by atoms with E-state index in [2.05, 4.69) is 10.3 Å². The Balaban J connectivity index is 1.50. The number of rotatable bonds is 5. The minimum Gasteiger partial charge on any atom is -0.369 e. The molecule has 31 heavy (non-hydrogen) atoms. The monoisotopic (exact) mass is 422 g/mol. The molecule has 2 aromatic carbocycles. The molecule has 1 aliphatic heterocycles. The summed E-state index contributed by atoms with van der Waals surface area (Å²) in [6, 6.07) is 13.4. The van der Waals surface area contributed by atoms with Gasteiger partial charge in [0.25, 0.3) is 5.91 Å². The van der Waals surface area contributed by atoms with Crippen LogP contribution in [-0.2, 0) is 11.3 Å². The van der Waals surface area contributed by atoms with Crippen LogP contribution in [-0.4, -0.2) is 28.2 Å². The number of guanidine groups is 1. The molecule has 2 aromatic rings. The molecule has 0 saturated heterocycles. The lowest BCUT2D eigenvalue weighted by Gasteiger charge is -2.35. The van der Waals surface area contributed by atoms with Gasteiger partial charge in [0.15, 0.2) is 5.96 Å². The summed E-state index contributed by atoms with van der Waals surface area (Å²) in [5.41, 5.74) is 7.40. The van der Waals surface area contributed by atoms with Gasteiger partial charge >= 0.3 is 0 Å². The highest BCUT2D eigenvalue weighted by Gasteiger charge is 2.41. The largest absolute Gasteiger partial charge is 0.369 e. The lowest BCUT2D eigenvalue weighted by molar-refractivity contribution is -0.130. The molecule has 0 radical (unpaired) electrons. The van der Waals surface area contributed by atoms with Crippen LogP contribution in [0.4, 0.5) is 4.39 Å². The Kier molecular flexibility index (Phi) is 5.76. The third-order valence-electron chi connectivity index (χ3n) is 6.15. The molecule has 1 heterocycles. The minimum absolute atomic E-state index is 0.0799. The molecule has 7 heteroatoms. The topological polar surface area (TPSA) is 87.8 Å². The lowest BCUT2D eigenvalue weighted by atomic mass is 9.92. The van der Waals surface area contributed by atoms with E-state index in [1.54, 1.807) is 6.07 Å². The fourth-order valence-corrected chi connectivity index (χ4v) is 4.50. The highest BCUT2D eigenvalue weighted by atomic mass is 19.1. The maximum atomic E-state index is 14.3. The average molecular weight is 423 g/mol. The molecule has 0 unspecified atom stereocenters. The smallest absolute Gasteiger partial charge is 0.251 e. The van der Waals surface area contributed by atoms with E-state index < -0.39 is 5.82 Å². The van der Waals surface area contributed by atoms with Crippen molar-refractivity contribution in [2.45, 2.75) is 57.2 Å². The Morgan fingerprint density at radius 2 is 1.94 bits per heavy atom. The Morgan fingerprint density at radius 3 is 2.61 bits per heavy atom. The fourth-order valence-electron chi connectivity index (χ4n) is 4.50. The van der Waals surface area contributed by atoms with Crippen molar-refractivity contribution in [2.75, 3.05) is 0 Å². The molecule has 1 fully saturated rings. The number of hydrogen-bond acceptors (Lipinski definition) is 4. The van der Waals surface area contributed by atoms with E-state index in [-0.39, 0.29) is 41.5 Å². The zero-order valence-electron chi connectivity index (χ0n) is 17.6. The van der Waals surface area contributed by atoms with Crippen molar-refractivity contribution < 1.29 is 14.0 Å². The summed E-state index contributed by atoms with van der Waals surface area (Å²) >= 11 is 0. The van der Waals surface area contributed by atoms with Crippen molar-refractivity contribution in [1.29, 1.82) is 0 Å². The number of amides is 2. The summed E-state index contributed by atoms with van der Waals surface area (Å²) in [6.07, 6.45) is 4.17. The summed E-state index contributed by atoms with van der Waals surface area (Å²) in [6.45, 7) is 1.95. The summed E-state index contributed by atoms with van der Waals surface area (Å²) in [4.78, 5) is 31.5. The first-order chi connectivity index (χ1) is 14.8. The SMILES string of the molecule is C[C@H](NC(=O)c1cc(F)cc(CN2C(=O)CC3(CCCC3)N=C2N)c1)c1ccccc1. The van der Waals surface area contributed by atoms with E-state index >= 15 is 0 Å². The van der Waals surface area contributed by atoms with Gasteiger partial charge in [0.05, 0.1) is 24.5 Å². The molecule has 6 nitrogen and oxygen atoms in total. The molecule has 1 aliphatic carbocycles. The van der Waals surface area contributed by atoms with Crippen LogP contribution >= 0.6 is 0 Å². The van der Waals surface area contributed by atoms with Gasteiger partial charge in [-0.25, -0.2) is 9.38 Å². The average Bonchev–Trinajstić information content (AvgIpc) is 3.18. The zero-order chi connectivity index (χ0) is 22.0. The molecule has 0 aromatic heterocycles. The predicted molar refractivity (Wildman–Crippen MR) is 117 cm³/mol. The van der Waals surface area contributed by atoms with E-state index in [1.165, 1.54) is 17.0 Å². The van der Waals surface area contributed by atoms with Crippen LogP contribution in [0.2, 0.25) is 0 Å². The molecular formula is C24H27FN4O2. The lowest BCUT2D eigenvalue weighted by Crippen LogP contribution is -2.50. The first-order valence-corrected chi connectivity index (χ1v) is 10.7. The van der Waals surface area contributed by atoms with Gasteiger partial charge in [0.2, 0.25) is 5.91 Å². The maximum Gasteiger partial charge on any atom is 0.251 e. The fraction of sp³-hybridized carbons (Fsp3) is 0.375. The third kappa shape index (κ3) is 4.60. The minimum atomic E-state index is -0.540. The molecule has 4 rings (SSSR count). The van der Waals surface area contributed by atoms with E-state index in [4.69, 9.17) is 5.73 Å². The number of halogens is 1. The Labute approximate surface area is 181 Å². The van der Waals surface area contributed by atoms with E-state index in [0.717, 1.165) is 31.2 Å². The number of aliphatic imine (C=N–C) groups is 1. The van der Waals surface area contributed by atoms with Crippen LogP contribution in [0, 0.1) is 5.82 Å². The number of carbonyl (C=O) groups is 2. The van der Waals surface area contributed by atoms with Crippen molar-refractivity contribution >= 4 is 17.8 Å². The Bertz CT molecular complexity index is 1020. The van der Waals surface area contributed by atoms with Crippen molar-refractivity contribution in [2.24, 2.45) is 10.7 Å². The summed E-state index contributed by atoms with van der Waals surface area (Å²) < 4.78 is 14.3. The van der Waals surface area contributed by atoms with E-state index in [9.17, 15) is 14.0 Å². The predicted octanol–water partition coefficient (Wildman–Crippen LogP) is 3.68. The molecule has 2 aliphatic rings. The highest BCUT2D eigenvalue weighted by Crippen LogP contribution is 2.39. The Morgan fingerprint density at radius 1 is 1.23 bits per heavy atom. The van der Waals surface area contributed by atoms with Crippen LogP contribution in [0.5, 0.6) is 0 Å². The standard InChI is InChI=1S/C24H27FN4O2/c1-16(18-7-3-2-4-8-18)27-22(31)19-11-17(12-20(25)13-19)15-29-21(30)14-24(28-23(29)26)9-5-6-10-24/h2-4,7-8,11-13,16H,5-6,9-10,14-15H2,1H3,(H2,26,28)(H,27,31)/t16-/m0/s1. The second-order valence-corrected chi connectivity index (χ2v) is 8.51. The van der Waals surface area contributed by atoms with Gasteiger partial charge in [0, 0.05) is 5.56 Å². The molecule has 0 bridgehead atoms. The third-order valence-corrected chi connectivity index (χ3v) is 6.15. The van der Waals surface area contributed by atoms with Gasteiger partial charge in [-0.2, -0.15) is 0 Å². The molecule has 3 N–H and O–H groups in total. The van der Waals surface area contributed by atoms with Crippen LogP contribution in [0.3, 0.4) is 0 Å². The van der Waals surface area contributed by atoms with Gasteiger partial charge in [-0.05, 0) is 49.1 Å². The first-order valence-electron chi connectivity index (χ1n) is 10.7. The number of nitrogens with one attached hydrogen (secondary N) is 1. The van der Waals surface area contributed by atoms with Gasteiger partial charge in [0.1, 0.15) is 5.82 Å². The van der Waals surface area contributed by atoms with Crippen LogP contribution in [0.1, 0.15) is 66.6 Å². The summed E-state index contributed by atoms with van der Waals surface area (Å²) in [7, 11) is 0. The molecule has 1 spiro atoms. The molecule has 2 amide bonds.